The molecule has 0 saturated heterocycles. The molecule has 0 bridgehead atoms. The smallest absolute Gasteiger partial charge is 0.136 e. The molecule has 0 saturated carbocycles. The largest absolute Gasteiger partial charge is 0.598 e. The summed E-state index contributed by atoms with van der Waals surface area (Å²) in [7, 11) is 0. The minimum atomic E-state index is -1.01. The van der Waals surface area contributed by atoms with Crippen molar-refractivity contribution in [2.24, 2.45) is 0 Å². The number of nitrogens with one attached hydrogen (secondary N) is 1. The zero-order valence-corrected chi connectivity index (χ0v) is 12.1. The average Bonchev–Trinajstić information content (AvgIpc) is 2.24. The quantitative estimate of drug-likeness (QED) is 0.840. The minimum Gasteiger partial charge on any atom is -0.598 e. The first-order valence-corrected chi connectivity index (χ1v) is 7.04. The van der Waals surface area contributed by atoms with Crippen molar-refractivity contribution >= 4 is 11.4 Å². The van der Waals surface area contributed by atoms with Gasteiger partial charge in [-0.2, -0.15) is 0 Å². The molecule has 0 aromatic carbocycles. The Morgan fingerprint density at radius 3 is 2.65 bits per heavy atom. The lowest BCUT2D eigenvalue weighted by Crippen LogP contribution is -2.40. The lowest BCUT2D eigenvalue weighted by atomic mass is 10.0. The van der Waals surface area contributed by atoms with Crippen LogP contribution < -0.4 is 4.72 Å². The number of aryl methyl sites for hydroxylation is 1. The van der Waals surface area contributed by atoms with Crippen LogP contribution in [0.25, 0.3) is 0 Å². The molecule has 1 heterocycles. The maximum Gasteiger partial charge on any atom is 0.136 e. The molecule has 17 heavy (non-hydrogen) atoms. The lowest BCUT2D eigenvalue weighted by Gasteiger charge is -2.25. The minimum absolute atomic E-state index is 0.219. The molecule has 2 unspecified atom stereocenters. The van der Waals surface area contributed by atoms with Gasteiger partial charge in [-0.1, -0.05) is 13.0 Å². The summed E-state index contributed by atoms with van der Waals surface area (Å²) in [6, 6.07) is 4.02. The first-order valence-electron chi connectivity index (χ1n) is 5.89. The third kappa shape index (κ3) is 4.30. The average molecular weight is 254 g/mol. The number of aromatic nitrogens is 1. The third-order valence-electron chi connectivity index (χ3n) is 2.66. The molecule has 1 rings (SSSR count). The van der Waals surface area contributed by atoms with Gasteiger partial charge in [0.2, 0.25) is 0 Å². The van der Waals surface area contributed by atoms with Gasteiger partial charge in [0, 0.05) is 29.8 Å². The lowest BCUT2D eigenvalue weighted by molar-refractivity contribution is 0.539. The molecular formula is C13H22N2OS. The zero-order chi connectivity index (χ0) is 13.1. The molecule has 0 aliphatic rings. The summed E-state index contributed by atoms with van der Waals surface area (Å²) in [6.45, 7) is 10.7. The summed E-state index contributed by atoms with van der Waals surface area (Å²) in [5.74, 6) is 0.315. The van der Waals surface area contributed by atoms with Crippen LogP contribution in [0.3, 0.4) is 0 Å². The van der Waals surface area contributed by atoms with Crippen molar-refractivity contribution in [1.82, 2.24) is 9.71 Å². The van der Waals surface area contributed by atoms with Crippen molar-refractivity contribution in [3.8, 4) is 0 Å². The molecule has 0 fully saturated rings. The molecule has 0 aliphatic heterocycles. The van der Waals surface area contributed by atoms with Crippen molar-refractivity contribution in [2.45, 2.75) is 45.3 Å². The highest BCUT2D eigenvalue weighted by Crippen LogP contribution is 2.18. The maximum absolute atomic E-state index is 11.9. The predicted octanol–water partition coefficient (Wildman–Crippen LogP) is 2.55. The van der Waals surface area contributed by atoms with Gasteiger partial charge in [0.05, 0.1) is 0 Å². The molecular weight excluding hydrogens is 232 g/mol. The van der Waals surface area contributed by atoms with Crippen LogP contribution in [-0.4, -0.2) is 20.8 Å². The first-order chi connectivity index (χ1) is 7.82. The van der Waals surface area contributed by atoms with Gasteiger partial charge in [-0.15, -0.1) is 4.72 Å². The van der Waals surface area contributed by atoms with Crippen molar-refractivity contribution in [3.63, 3.8) is 0 Å². The van der Waals surface area contributed by atoms with E-state index in [1.54, 1.807) is 6.20 Å². The second-order valence-corrected chi connectivity index (χ2v) is 7.36. The van der Waals surface area contributed by atoms with Gasteiger partial charge in [0.1, 0.15) is 4.75 Å². The second kappa shape index (κ2) is 5.85. The Balaban J connectivity index is 2.57. The van der Waals surface area contributed by atoms with Crippen molar-refractivity contribution in [2.75, 3.05) is 6.54 Å². The number of hydrogen-bond acceptors (Lipinski definition) is 3. The molecule has 0 spiro atoms. The molecule has 4 heteroatoms. The Hall–Kier alpha value is -0.580. The summed E-state index contributed by atoms with van der Waals surface area (Å²) in [5, 5.41) is 0. The highest BCUT2D eigenvalue weighted by Gasteiger charge is 2.26. The molecule has 96 valence electrons. The number of hydrogen-bond donors (Lipinski definition) is 1. The van der Waals surface area contributed by atoms with Crippen LogP contribution in [-0.2, 0) is 11.4 Å². The van der Waals surface area contributed by atoms with Gasteiger partial charge in [-0.05, 0) is 45.2 Å². The topological polar surface area (TPSA) is 48.0 Å². The molecule has 1 N–H and O–H groups in total. The summed E-state index contributed by atoms with van der Waals surface area (Å²) >= 11 is -1.01. The molecule has 2 atom stereocenters. The molecule has 1 aromatic heterocycles. The van der Waals surface area contributed by atoms with E-state index in [1.165, 1.54) is 5.56 Å². The third-order valence-corrected chi connectivity index (χ3v) is 4.20. The highest BCUT2D eigenvalue weighted by atomic mass is 32.2. The molecule has 0 amide bonds. The Morgan fingerprint density at radius 2 is 2.12 bits per heavy atom. The molecule has 0 radical (unpaired) electrons. The van der Waals surface area contributed by atoms with Crippen molar-refractivity contribution < 1.29 is 4.55 Å². The van der Waals surface area contributed by atoms with Gasteiger partial charge in [-0.25, -0.2) is 0 Å². The summed E-state index contributed by atoms with van der Waals surface area (Å²) in [4.78, 5) is 4.27. The Kier molecular flexibility index (Phi) is 4.98. The van der Waals surface area contributed by atoms with E-state index in [0.29, 0.717) is 12.5 Å². The van der Waals surface area contributed by atoms with Gasteiger partial charge in [0.25, 0.3) is 0 Å². The van der Waals surface area contributed by atoms with Gasteiger partial charge < -0.3 is 4.55 Å². The van der Waals surface area contributed by atoms with Gasteiger partial charge >= 0.3 is 0 Å². The van der Waals surface area contributed by atoms with E-state index in [9.17, 15) is 4.55 Å². The summed E-state index contributed by atoms with van der Waals surface area (Å²) < 4.78 is 14.7. The standard InChI is InChI=1S/C13H22N2OS/c1-10(9-15-17(16)13(3,4)5)12-7-6-8-14-11(12)2/h6-8,10,15H,9H2,1-5H3. The fraction of sp³-hybridized carbons (Fsp3) is 0.615. The first kappa shape index (κ1) is 14.5. The summed E-state index contributed by atoms with van der Waals surface area (Å²) in [5.41, 5.74) is 2.26. The Morgan fingerprint density at radius 1 is 1.47 bits per heavy atom. The van der Waals surface area contributed by atoms with Crippen molar-refractivity contribution in [1.29, 1.82) is 0 Å². The monoisotopic (exact) mass is 254 g/mol. The van der Waals surface area contributed by atoms with Crippen LogP contribution >= 0.6 is 0 Å². The number of rotatable bonds is 4. The SMILES string of the molecule is Cc1ncccc1C(C)CN[S+]([O-])C(C)(C)C. The van der Waals surface area contributed by atoms with E-state index in [0.717, 1.165) is 5.69 Å². The van der Waals surface area contributed by atoms with E-state index >= 15 is 0 Å². The van der Waals surface area contributed by atoms with Crippen LogP contribution in [0.1, 0.15) is 44.9 Å². The fourth-order valence-electron chi connectivity index (χ4n) is 1.54. The van der Waals surface area contributed by atoms with Crippen LogP contribution in [0, 0.1) is 6.92 Å². The number of pyridine rings is 1. The summed E-state index contributed by atoms with van der Waals surface area (Å²) in [6.07, 6.45) is 1.80. The van der Waals surface area contributed by atoms with E-state index in [1.807, 2.05) is 33.8 Å². The zero-order valence-electron chi connectivity index (χ0n) is 11.3. The van der Waals surface area contributed by atoms with Gasteiger partial charge in [-0.3, -0.25) is 4.98 Å². The van der Waals surface area contributed by atoms with E-state index in [4.69, 9.17) is 0 Å². The Labute approximate surface area is 107 Å². The van der Waals surface area contributed by atoms with E-state index < -0.39 is 11.4 Å². The number of nitrogens with zero attached hydrogens (tertiary/aromatic N) is 1. The Bertz CT molecular complexity index is 363. The van der Waals surface area contributed by atoms with Crippen LogP contribution in [0.2, 0.25) is 0 Å². The molecule has 1 aromatic rings. The van der Waals surface area contributed by atoms with Crippen molar-refractivity contribution in [3.05, 3.63) is 29.6 Å². The van der Waals surface area contributed by atoms with Crippen LogP contribution in [0.15, 0.2) is 18.3 Å². The predicted molar refractivity (Wildman–Crippen MR) is 73.3 cm³/mol. The van der Waals surface area contributed by atoms with E-state index in [2.05, 4.69) is 22.7 Å². The highest BCUT2D eigenvalue weighted by molar-refractivity contribution is 7.90. The van der Waals surface area contributed by atoms with Crippen LogP contribution in [0.4, 0.5) is 0 Å². The van der Waals surface area contributed by atoms with Gasteiger partial charge in [0.15, 0.2) is 0 Å². The fourth-order valence-corrected chi connectivity index (χ4v) is 2.38. The normalized spacial score (nSPS) is 15.6. The molecule has 0 aliphatic carbocycles. The maximum atomic E-state index is 11.9. The molecule has 3 nitrogen and oxygen atoms in total. The van der Waals surface area contributed by atoms with Crippen LogP contribution in [0.5, 0.6) is 0 Å². The van der Waals surface area contributed by atoms with E-state index in [-0.39, 0.29) is 4.75 Å². The second-order valence-electron chi connectivity index (χ2n) is 5.31.